The third-order valence-corrected chi connectivity index (χ3v) is 2.35. The second kappa shape index (κ2) is 3.68. The van der Waals surface area contributed by atoms with E-state index in [4.69, 9.17) is 5.73 Å². The first-order valence-electron chi connectivity index (χ1n) is 5.12. The molecule has 0 unspecified atom stereocenters. The maximum atomic E-state index is 11.5. The van der Waals surface area contributed by atoms with Gasteiger partial charge in [0.25, 0.3) is 0 Å². The Morgan fingerprint density at radius 2 is 1.93 bits per heavy atom. The summed E-state index contributed by atoms with van der Waals surface area (Å²) in [4.78, 5) is 15.4. The average molecular weight is 209 g/mol. The molecule has 0 radical (unpaired) electrons. The molecule has 4 nitrogen and oxygen atoms in total. The van der Waals surface area contributed by atoms with Crippen molar-refractivity contribution in [3.63, 3.8) is 0 Å². The SMILES string of the molecule is CC(C)n1cc(C(C)(C)C)c(N)nc1=O. The lowest BCUT2D eigenvalue weighted by Gasteiger charge is -2.22. The summed E-state index contributed by atoms with van der Waals surface area (Å²) in [6, 6.07) is 0.103. The fourth-order valence-corrected chi connectivity index (χ4v) is 1.43. The minimum atomic E-state index is -0.282. The number of nitrogens with zero attached hydrogens (tertiary/aromatic N) is 2. The number of nitrogen functional groups attached to an aromatic ring is 1. The Morgan fingerprint density at radius 1 is 1.40 bits per heavy atom. The fraction of sp³-hybridized carbons (Fsp3) is 0.636. The Balaban J connectivity index is 3.44. The number of anilines is 1. The van der Waals surface area contributed by atoms with Gasteiger partial charge < -0.3 is 5.73 Å². The van der Waals surface area contributed by atoms with Gasteiger partial charge in [-0.15, -0.1) is 0 Å². The fourth-order valence-electron chi connectivity index (χ4n) is 1.43. The van der Waals surface area contributed by atoms with Crippen LogP contribution in [0.5, 0.6) is 0 Å². The van der Waals surface area contributed by atoms with Crippen LogP contribution in [0.1, 0.15) is 46.2 Å². The predicted molar refractivity (Wildman–Crippen MR) is 62.0 cm³/mol. The van der Waals surface area contributed by atoms with Crippen LogP contribution in [0.25, 0.3) is 0 Å². The lowest BCUT2D eigenvalue weighted by Crippen LogP contribution is -2.29. The molecule has 0 bridgehead atoms. The highest BCUT2D eigenvalue weighted by atomic mass is 16.1. The molecule has 0 aliphatic carbocycles. The zero-order valence-corrected chi connectivity index (χ0v) is 10.0. The van der Waals surface area contributed by atoms with E-state index in [1.165, 1.54) is 0 Å². The van der Waals surface area contributed by atoms with Gasteiger partial charge in [0.15, 0.2) is 0 Å². The van der Waals surface area contributed by atoms with Crippen LogP contribution in [-0.4, -0.2) is 9.55 Å². The molecule has 0 amide bonds. The van der Waals surface area contributed by atoms with Crippen molar-refractivity contribution in [1.82, 2.24) is 9.55 Å². The average Bonchev–Trinajstić information content (AvgIpc) is 2.00. The molecule has 84 valence electrons. The van der Waals surface area contributed by atoms with Crippen molar-refractivity contribution in [2.75, 3.05) is 5.73 Å². The Morgan fingerprint density at radius 3 is 2.33 bits per heavy atom. The lowest BCUT2D eigenvalue weighted by molar-refractivity contribution is 0.530. The molecule has 1 aromatic rings. The standard InChI is InChI=1S/C11H19N3O/c1-7(2)14-6-8(11(3,4)5)9(12)13-10(14)15/h6-7H,1-5H3,(H2,12,13,15). The summed E-state index contributed by atoms with van der Waals surface area (Å²) in [6.07, 6.45) is 1.81. The molecule has 0 aliphatic heterocycles. The number of hydrogen-bond acceptors (Lipinski definition) is 3. The van der Waals surface area contributed by atoms with Gasteiger partial charge in [-0.25, -0.2) is 4.79 Å². The smallest absolute Gasteiger partial charge is 0.349 e. The maximum Gasteiger partial charge on any atom is 0.349 e. The van der Waals surface area contributed by atoms with Gasteiger partial charge in [-0.2, -0.15) is 4.98 Å². The van der Waals surface area contributed by atoms with E-state index in [0.717, 1.165) is 5.56 Å². The topological polar surface area (TPSA) is 60.9 Å². The van der Waals surface area contributed by atoms with Gasteiger partial charge in [0.2, 0.25) is 0 Å². The van der Waals surface area contributed by atoms with Crippen molar-refractivity contribution in [2.24, 2.45) is 0 Å². The highest BCUT2D eigenvalue weighted by Gasteiger charge is 2.20. The molecule has 15 heavy (non-hydrogen) atoms. The van der Waals surface area contributed by atoms with E-state index in [1.54, 1.807) is 4.57 Å². The highest BCUT2D eigenvalue weighted by Crippen LogP contribution is 2.25. The molecule has 2 N–H and O–H groups in total. The summed E-state index contributed by atoms with van der Waals surface area (Å²) < 4.78 is 1.61. The molecular weight excluding hydrogens is 190 g/mol. The molecule has 0 atom stereocenters. The van der Waals surface area contributed by atoms with Crippen LogP contribution >= 0.6 is 0 Å². The van der Waals surface area contributed by atoms with Gasteiger partial charge in [-0.05, 0) is 19.3 Å². The van der Waals surface area contributed by atoms with Crippen LogP contribution in [-0.2, 0) is 5.41 Å². The molecule has 0 saturated carbocycles. The summed E-state index contributed by atoms with van der Waals surface area (Å²) in [5.74, 6) is 0.337. The van der Waals surface area contributed by atoms with Gasteiger partial charge in [-0.1, -0.05) is 20.8 Å². The molecular formula is C11H19N3O. The first-order valence-corrected chi connectivity index (χ1v) is 5.12. The van der Waals surface area contributed by atoms with Crippen LogP contribution in [0.2, 0.25) is 0 Å². The van der Waals surface area contributed by atoms with Crippen LogP contribution in [0, 0.1) is 0 Å². The molecule has 1 heterocycles. The van der Waals surface area contributed by atoms with Crippen molar-refractivity contribution in [3.05, 3.63) is 22.2 Å². The van der Waals surface area contributed by atoms with Gasteiger partial charge in [0, 0.05) is 17.8 Å². The van der Waals surface area contributed by atoms with E-state index < -0.39 is 0 Å². The third-order valence-electron chi connectivity index (χ3n) is 2.35. The molecule has 0 fully saturated rings. The third kappa shape index (κ3) is 2.37. The number of rotatable bonds is 1. The molecule has 0 aliphatic rings. The summed E-state index contributed by atoms with van der Waals surface area (Å²) in [7, 11) is 0. The number of hydrogen-bond donors (Lipinski definition) is 1. The first-order chi connectivity index (χ1) is 6.73. The largest absolute Gasteiger partial charge is 0.383 e. The molecule has 1 rings (SSSR count). The Hall–Kier alpha value is -1.32. The van der Waals surface area contributed by atoms with Crippen LogP contribution in [0.4, 0.5) is 5.82 Å². The van der Waals surface area contributed by atoms with Gasteiger partial charge in [0.1, 0.15) is 5.82 Å². The zero-order chi connectivity index (χ0) is 11.8. The molecule has 0 aromatic carbocycles. The number of nitrogens with two attached hydrogens (primary N) is 1. The normalized spacial score (nSPS) is 12.1. The van der Waals surface area contributed by atoms with Gasteiger partial charge in [-0.3, -0.25) is 4.57 Å². The summed E-state index contributed by atoms with van der Waals surface area (Å²) >= 11 is 0. The van der Waals surface area contributed by atoms with Crippen molar-refractivity contribution in [3.8, 4) is 0 Å². The van der Waals surface area contributed by atoms with Crippen molar-refractivity contribution < 1.29 is 0 Å². The van der Waals surface area contributed by atoms with E-state index in [0.29, 0.717) is 5.82 Å². The van der Waals surface area contributed by atoms with Crippen molar-refractivity contribution in [2.45, 2.75) is 46.1 Å². The molecule has 4 heteroatoms. The van der Waals surface area contributed by atoms with E-state index in [1.807, 2.05) is 20.0 Å². The highest BCUT2D eigenvalue weighted by molar-refractivity contribution is 5.41. The van der Waals surface area contributed by atoms with Crippen molar-refractivity contribution >= 4 is 5.82 Å². The van der Waals surface area contributed by atoms with Crippen molar-refractivity contribution in [1.29, 1.82) is 0 Å². The maximum absolute atomic E-state index is 11.5. The van der Waals surface area contributed by atoms with Crippen LogP contribution in [0.15, 0.2) is 11.0 Å². The van der Waals surface area contributed by atoms with E-state index in [2.05, 4.69) is 25.8 Å². The van der Waals surface area contributed by atoms with E-state index in [-0.39, 0.29) is 17.1 Å². The van der Waals surface area contributed by atoms with E-state index >= 15 is 0 Å². The second-order valence-electron chi connectivity index (χ2n) is 5.07. The summed E-state index contributed by atoms with van der Waals surface area (Å²) in [6.45, 7) is 10.1. The quantitative estimate of drug-likeness (QED) is 0.765. The van der Waals surface area contributed by atoms with E-state index in [9.17, 15) is 4.79 Å². The lowest BCUT2D eigenvalue weighted by atomic mass is 9.88. The summed E-state index contributed by atoms with van der Waals surface area (Å²) in [5, 5.41) is 0. The first kappa shape index (κ1) is 11.8. The van der Waals surface area contributed by atoms with Crippen LogP contribution in [0.3, 0.4) is 0 Å². The second-order valence-corrected chi connectivity index (χ2v) is 5.07. The molecule has 0 spiro atoms. The minimum Gasteiger partial charge on any atom is -0.383 e. The monoisotopic (exact) mass is 209 g/mol. The van der Waals surface area contributed by atoms with Crippen LogP contribution < -0.4 is 11.4 Å². The predicted octanol–water partition coefficient (Wildman–Crippen LogP) is 1.70. The summed E-state index contributed by atoms with van der Waals surface area (Å²) in [5.41, 5.74) is 6.29. The number of aromatic nitrogens is 2. The molecule has 1 aromatic heterocycles. The van der Waals surface area contributed by atoms with Gasteiger partial charge in [0.05, 0.1) is 0 Å². The Kier molecular flexibility index (Phi) is 2.88. The Bertz CT molecular complexity index is 413. The minimum absolute atomic E-state index is 0.0958. The Labute approximate surface area is 90.1 Å². The molecule has 0 saturated heterocycles. The zero-order valence-electron chi connectivity index (χ0n) is 10.0. The van der Waals surface area contributed by atoms with Gasteiger partial charge >= 0.3 is 5.69 Å².